The predicted molar refractivity (Wildman–Crippen MR) is 80.7 cm³/mol. The van der Waals surface area contributed by atoms with Gasteiger partial charge in [0.2, 0.25) is 10.0 Å². The van der Waals surface area contributed by atoms with Crippen LogP contribution in [0.4, 0.5) is 0 Å². The number of sulfonamides is 1. The average molecular weight is 296 g/mol. The van der Waals surface area contributed by atoms with Gasteiger partial charge >= 0.3 is 0 Å². The summed E-state index contributed by atoms with van der Waals surface area (Å²) in [5, 5.41) is 0. The molecule has 1 heterocycles. The summed E-state index contributed by atoms with van der Waals surface area (Å²) in [4.78, 5) is 0.358. The summed E-state index contributed by atoms with van der Waals surface area (Å²) < 4.78 is 26.9. The molecule has 2 atom stereocenters. The van der Waals surface area contributed by atoms with E-state index < -0.39 is 10.0 Å². The first kappa shape index (κ1) is 15.5. The first-order valence-electron chi connectivity index (χ1n) is 7.18. The highest BCUT2D eigenvalue weighted by atomic mass is 32.2. The van der Waals surface area contributed by atoms with Crippen molar-refractivity contribution in [1.82, 2.24) is 4.31 Å². The number of nitrogens with two attached hydrogens (primary N) is 1. The molecule has 0 saturated carbocycles. The molecule has 0 amide bonds. The average Bonchev–Trinajstić information content (AvgIpc) is 2.89. The summed E-state index contributed by atoms with van der Waals surface area (Å²) in [6, 6.07) is 6.82. The first-order valence-corrected chi connectivity index (χ1v) is 8.62. The third kappa shape index (κ3) is 3.05. The minimum Gasteiger partial charge on any atom is -0.324 e. The number of benzene rings is 1. The van der Waals surface area contributed by atoms with Crippen LogP contribution in [-0.2, 0) is 10.0 Å². The van der Waals surface area contributed by atoms with Crippen LogP contribution >= 0.6 is 0 Å². The molecule has 2 N–H and O–H groups in total. The minimum atomic E-state index is -3.38. The van der Waals surface area contributed by atoms with Gasteiger partial charge in [0.15, 0.2) is 0 Å². The van der Waals surface area contributed by atoms with Gasteiger partial charge in [0, 0.05) is 19.1 Å². The molecular weight excluding hydrogens is 272 g/mol. The van der Waals surface area contributed by atoms with Crippen LogP contribution < -0.4 is 5.73 Å². The van der Waals surface area contributed by atoms with E-state index in [1.807, 2.05) is 13.0 Å². The maximum Gasteiger partial charge on any atom is 0.243 e. The Hall–Kier alpha value is -0.910. The fourth-order valence-corrected chi connectivity index (χ4v) is 4.19. The molecule has 0 radical (unpaired) electrons. The van der Waals surface area contributed by atoms with Crippen LogP contribution in [0.3, 0.4) is 0 Å². The van der Waals surface area contributed by atoms with E-state index in [0.717, 1.165) is 12.0 Å². The molecule has 4 nitrogen and oxygen atoms in total. The van der Waals surface area contributed by atoms with Crippen molar-refractivity contribution in [3.05, 3.63) is 29.8 Å². The number of rotatable bonds is 4. The van der Waals surface area contributed by atoms with Gasteiger partial charge in [-0.3, -0.25) is 0 Å². The molecule has 2 unspecified atom stereocenters. The predicted octanol–water partition coefficient (Wildman–Crippen LogP) is 2.37. The van der Waals surface area contributed by atoms with Crippen LogP contribution in [0.1, 0.15) is 38.8 Å². The van der Waals surface area contributed by atoms with Crippen LogP contribution in [0.2, 0.25) is 0 Å². The van der Waals surface area contributed by atoms with E-state index in [0.29, 0.717) is 29.8 Å². The summed E-state index contributed by atoms with van der Waals surface area (Å²) >= 11 is 0. The van der Waals surface area contributed by atoms with Crippen LogP contribution in [-0.4, -0.2) is 25.8 Å². The van der Waals surface area contributed by atoms with Gasteiger partial charge < -0.3 is 5.73 Å². The van der Waals surface area contributed by atoms with Crippen molar-refractivity contribution in [2.24, 2.45) is 17.6 Å². The van der Waals surface area contributed by atoms with E-state index in [-0.39, 0.29) is 6.04 Å². The summed E-state index contributed by atoms with van der Waals surface area (Å²) in [6.07, 6.45) is 0.948. The highest BCUT2D eigenvalue weighted by molar-refractivity contribution is 7.89. The Morgan fingerprint density at radius 3 is 2.55 bits per heavy atom. The molecule has 0 bridgehead atoms. The molecule has 1 saturated heterocycles. The Bertz CT molecular complexity index is 567. The van der Waals surface area contributed by atoms with Crippen molar-refractivity contribution < 1.29 is 8.42 Å². The van der Waals surface area contributed by atoms with E-state index in [1.165, 1.54) is 0 Å². The zero-order valence-electron chi connectivity index (χ0n) is 12.4. The molecule has 1 fully saturated rings. The zero-order chi connectivity index (χ0) is 14.9. The smallest absolute Gasteiger partial charge is 0.243 e. The molecule has 0 spiro atoms. The van der Waals surface area contributed by atoms with Crippen molar-refractivity contribution in [3.8, 4) is 0 Å². The fourth-order valence-electron chi connectivity index (χ4n) is 2.62. The second kappa shape index (κ2) is 5.84. The normalized spacial score (nSPS) is 22.4. The Morgan fingerprint density at radius 1 is 1.30 bits per heavy atom. The topological polar surface area (TPSA) is 63.4 Å². The Balaban J connectivity index is 2.25. The highest BCUT2D eigenvalue weighted by Crippen LogP contribution is 2.29. The van der Waals surface area contributed by atoms with E-state index in [1.54, 1.807) is 22.5 Å². The van der Waals surface area contributed by atoms with Gasteiger partial charge in [0.1, 0.15) is 0 Å². The van der Waals surface area contributed by atoms with Crippen molar-refractivity contribution in [1.29, 1.82) is 0 Å². The molecule has 1 aromatic carbocycles. The first-order chi connectivity index (χ1) is 9.32. The van der Waals surface area contributed by atoms with Gasteiger partial charge in [-0.1, -0.05) is 26.0 Å². The van der Waals surface area contributed by atoms with Gasteiger partial charge in [-0.2, -0.15) is 4.31 Å². The number of hydrogen-bond acceptors (Lipinski definition) is 3. The van der Waals surface area contributed by atoms with E-state index in [2.05, 4.69) is 13.8 Å². The Morgan fingerprint density at radius 2 is 2.00 bits per heavy atom. The molecule has 1 aliphatic heterocycles. The molecule has 0 aromatic heterocycles. The Kier molecular flexibility index (Phi) is 4.52. The maximum atomic E-state index is 12.7. The quantitative estimate of drug-likeness (QED) is 0.928. The monoisotopic (exact) mass is 296 g/mol. The Labute approximate surface area is 122 Å². The van der Waals surface area contributed by atoms with Crippen molar-refractivity contribution in [3.63, 3.8) is 0 Å². The van der Waals surface area contributed by atoms with Gasteiger partial charge in [-0.05, 0) is 42.9 Å². The SMILES string of the molecule is CC(N)c1cccc(S(=O)(=O)N2CCC(C(C)C)C2)c1. The van der Waals surface area contributed by atoms with Gasteiger partial charge in [0.25, 0.3) is 0 Å². The molecule has 112 valence electrons. The minimum absolute atomic E-state index is 0.160. The maximum absolute atomic E-state index is 12.7. The molecular formula is C15H24N2O2S. The number of hydrogen-bond donors (Lipinski definition) is 1. The second-order valence-corrected chi connectivity index (χ2v) is 7.95. The van der Waals surface area contributed by atoms with Crippen LogP contribution in [0.15, 0.2) is 29.2 Å². The summed E-state index contributed by atoms with van der Waals surface area (Å²) in [6.45, 7) is 7.40. The van der Waals surface area contributed by atoms with Crippen LogP contribution in [0.25, 0.3) is 0 Å². The van der Waals surface area contributed by atoms with Gasteiger partial charge in [-0.15, -0.1) is 0 Å². The molecule has 20 heavy (non-hydrogen) atoms. The highest BCUT2D eigenvalue weighted by Gasteiger charge is 2.33. The largest absolute Gasteiger partial charge is 0.324 e. The second-order valence-electron chi connectivity index (χ2n) is 6.02. The van der Waals surface area contributed by atoms with E-state index in [9.17, 15) is 8.42 Å². The van der Waals surface area contributed by atoms with Gasteiger partial charge in [-0.25, -0.2) is 8.42 Å². The standard InChI is InChI=1S/C15H24N2O2S/c1-11(2)14-7-8-17(10-14)20(18,19)15-6-4-5-13(9-15)12(3)16/h4-6,9,11-12,14H,7-8,10,16H2,1-3H3. The van der Waals surface area contributed by atoms with Crippen molar-refractivity contribution >= 4 is 10.0 Å². The lowest BCUT2D eigenvalue weighted by atomic mass is 9.96. The molecule has 1 aliphatic rings. The van der Waals surface area contributed by atoms with E-state index >= 15 is 0 Å². The van der Waals surface area contributed by atoms with Crippen molar-refractivity contribution in [2.75, 3.05) is 13.1 Å². The van der Waals surface area contributed by atoms with Crippen LogP contribution in [0, 0.1) is 11.8 Å². The third-order valence-electron chi connectivity index (χ3n) is 4.15. The zero-order valence-corrected chi connectivity index (χ0v) is 13.2. The molecule has 2 rings (SSSR count). The van der Waals surface area contributed by atoms with Crippen LogP contribution in [0.5, 0.6) is 0 Å². The summed E-state index contributed by atoms with van der Waals surface area (Å²) in [7, 11) is -3.38. The number of nitrogens with zero attached hydrogens (tertiary/aromatic N) is 1. The lowest BCUT2D eigenvalue weighted by Crippen LogP contribution is -2.29. The van der Waals surface area contributed by atoms with Crippen molar-refractivity contribution in [2.45, 2.75) is 38.1 Å². The lowest BCUT2D eigenvalue weighted by Gasteiger charge is -2.19. The van der Waals surface area contributed by atoms with E-state index in [4.69, 9.17) is 5.73 Å². The molecule has 5 heteroatoms. The molecule has 1 aromatic rings. The van der Waals surface area contributed by atoms with Gasteiger partial charge in [0.05, 0.1) is 4.90 Å². The summed E-state index contributed by atoms with van der Waals surface area (Å²) in [5.74, 6) is 0.979. The molecule has 0 aliphatic carbocycles. The fraction of sp³-hybridized carbons (Fsp3) is 0.600. The summed E-state index contributed by atoms with van der Waals surface area (Å²) in [5.41, 5.74) is 6.69. The third-order valence-corrected chi connectivity index (χ3v) is 6.01. The lowest BCUT2D eigenvalue weighted by molar-refractivity contribution is 0.388.